The van der Waals surface area contributed by atoms with Gasteiger partial charge in [0.2, 0.25) is 0 Å². The molecule has 0 bridgehead atoms. The molecule has 0 saturated heterocycles. The molecule has 24 heavy (non-hydrogen) atoms. The number of benzene rings is 1. The summed E-state index contributed by atoms with van der Waals surface area (Å²) >= 11 is 0. The smallest absolute Gasteiger partial charge is 0.279 e. The van der Waals surface area contributed by atoms with E-state index in [1.807, 2.05) is 24.3 Å². The van der Waals surface area contributed by atoms with E-state index in [0.29, 0.717) is 12.2 Å². The summed E-state index contributed by atoms with van der Waals surface area (Å²) in [4.78, 5) is 0. The van der Waals surface area contributed by atoms with Gasteiger partial charge in [0.1, 0.15) is 11.9 Å². The van der Waals surface area contributed by atoms with E-state index in [2.05, 4.69) is 26.7 Å². The maximum Gasteiger partial charge on any atom is 0.279 e. The van der Waals surface area contributed by atoms with Crippen LogP contribution >= 0.6 is 0 Å². The second kappa shape index (κ2) is 7.16. The zero-order valence-corrected chi connectivity index (χ0v) is 15.3. The second-order valence-electron chi connectivity index (χ2n) is 7.48. The van der Waals surface area contributed by atoms with Gasteiger partial charge in [-0.1, -0.05) is 45.2 Å². The Morgan fingerprint density at radius 2 is 1.79 bits per heavy atom. The average molecular weight is 350 g/mol. The molecule has 0 radical (unpaired) electrons. The summed E-state index contributed by atoms with van der Waals surface area (Å²) in [5.74, 6) is 2.55. The quantitative estimate of drug-likeness (QED) is 0.662. The highest BCUT2D eigenvalue weighted by Crippen LogP contribution is 2.33. The number of terminal acetylenes is 1. The van der Waals surface area contributed by atoms with Gasteiger partial charge in [-0.15, -0.1) is 6.42 Å². The maximum atomic E-state index is 11.6. The molecule has 5 heteroatoms. The Kier molecular flexibility index (Phi) is 5.62. The molecule has 0 amide bonds. The highest BCUT2D eigenvalue weighted by Gasteiger charge is 2.39. The van der Waals surface area contributed by atoms with Crippen molar-refractivity contribution in [2.24, 2.45) is 5.92 Å². The van der Waals surface area contributed by atoms with Crippen LogP contribution in [0.25, 0.3) is 0 Å². The first-order valence-corrected chi connectivity index (χ1v) is 9.83. The van der Waals surface area contributed by atoms with Gasteiger partial charge in [0.25, 0.3) is 10.1 Å². The Balaban J connectivity index is 2.18. The van der Waals surface area contributed by atoms with Gasteiger partial charge >= 0.3 is 0 Å². The molecular formula is C19H26O4S. The van der Waals surface area contributed by atoms with Crippen LogP contribution in [0.4, 0.5) is 0 Å². The molecule has 1 aromatic rings. The maximum absolute atomic E-state index is 11.6. The lowest BCUT2D eigenvalue weighted by molar-refractivity contribution is 0.0952. The third-order valence-electron chi connectivity index (χ3n) is 4.64. The van der Waals surface area contributed by atoms with Crippen molar-refractivity contribution in [1.29, 1.82) is 0 Å². The molecule has 4 nitrogen and oxygen atoms in total. The fourth-order valence-electron chi connectivity index (χ4n) is 3.26. The zero-order valence-electron chi connectivity index (χ0n) is 14.5. The first-order chi connectivity index (χ1) is 11.1. The Morgan fingerprint density at radius 1 is 1.21 bits per heavy atom. The molecule has 2 rings (SSSR count). The van der Waals surface area contributed by atoms with Crippen LogP contribution in [0.15, 0.2) is 24.3 Å². The Hall–Kier alpha value is -1.51. The molecule has 3 unspecified atom stereocenters. The molecule has 3 atom stereocenters. The molecule has 1 aliphatic rings. The zero-order chi connectivity index (χ0) is 18.0. The first-order valence-electron chi connectivity index (χ1n) is 8.32. The highest BCUT2D eigenvalue weighted by atomic mass is 32.2. The lowest BCUT2D eigenvalue weighted by Gasteiger charge is -2.34. The van der Waals surface area contributed by atoms with Crippen LogP contribution in [0.1, 0.15) is 52.0 Å². The van der Waals surface area contributed by atoms with E-state index in [0.717, 1.165) is 19.3 Å². The SMILES string of the molecule is C#CC(C1CCCCC1Oc1ccc(C(C)(C)C)cc1)S(=O)(=O)O. The van der Waals surface area contributed by atoms with Crippen molar-refractivity contribution >= 4 is 10.1 Å². The normalized spacial score (nSPS) is 23.3. The fourth-order valence-corrected chi connectivity index (χ4v) is 4.18. The number of hydrogen-bond donors (Lipinski definition) is 1. The van der Waals surface area contributed by atoms with Crippen LogP contribution < -0.4 is 4.74 Å². The molecule has 1 fully saturated rings. The molecule has 1 aromatic carbocycles. The van der Waals surface area contributed by atoms with Crippen LogP contribution in [0.2, 0.25) is 0 Å². The molecule has 1 saturated carbocycles. The minimum absolute atomic E-state index is 0.0609. The van der Waals surface area contributed by atoms with E-state index in [9.17, 15) is 13.0 Å². The van der Waals surface area contributed by atoms with Gasteiger partial charge in [-0.3, -0.25) is 4.55 Å². The van der Waals surface area contributed by atoms with Gasteiger partial charge in [0.05, 0.1) is 0 Å². The van der Waals surface area contributed by atoms with Crippen LogP contribution in [-0.4, -0.2) is 24.3 Å². The van der Waals surface area contributed by atoms with E-state index < -0.39 is 15.4 Å². The van der Waals surface area contributed by atoms with Gasteiger partial charge in [-0.2, -0.15) is 8.42 Å². The van der Waals surface area contributed by atoms with E-state index in [-0.39, 0.29) is 17.4 Å². The summed E-state index contributed by atoms with van der Waals surface area (Å²) in [5.41, 5.74) is 1.26. The van der Waals surface area contributed by atoms with Gasteiger partial charge in [-0.25, -0.2) is 0 Å². The van der Waals surface area contributed by atoms with Crippen molar-refractivity contribution in [1.82, 2.24) is 0 Å². The Bertz CT molecular complexity index is 692. The molecule has 0 aromatic heterocycles. The monoisotopic (exact) mass is 350 g/mol. The van der Waals surface area contributed by atoms with Crippen LogP contribution in [0.5, 0.6) is 5.75 Å². The molecule has 1 N–H and O–H groups in total. The summed E-state index contributed by atoms with van der Waals surface area (Å²) in [7, 11) is -4.28. The third-order valence-corrected chi connectivity index (χ3v) is 5.76. The van der Waals surface area contributed by atoms with Crippen molar-refractivity contribution in [3.05, 3.63) is 29.8 Å². The third kappa shape index (κ3) is 4.52. The molecule has 0 aliphatic heterocycles. The molecule has 132 valence electrons. The number of rotatable bonds is 4. The summed E-state index contributed by atoms with van der Waals surface area (Å²) in [6.07, 6.45) is 8.29. The number of hydrogen-bond acceptors (Lipinski definition) is 3. The highest BCUT2D eigenvalue weighted by molar-refractivity contribution is 7.86. The van der Waals surface area contributed by atoms with Crippen molar-refractivity contribution in [2.45, 2.75) is 63.2 Å². The van der Waals surface area contributed by atoms with Crippen LogP contribution in [0, 0.1) is 18.3 Å². The molecule has 0 heterocycles. The largest absolute Gasteiger partial charge is 0.490 e. The fraction of sp³-hybridized carbons (Fsp3) is 0.579. The van der Waals surface area contributed by atoms with Crippen molar-refractivity contribution in [2.75, 3.05) is 0 Å². The van der Waals surface area contributed by atoms with Gasteiger partial charge in [-0.05, 0) is 42.4 Å². The summed E-state index contributed by atoms with van der Waals surface area (Å²) in [5, 5.41) is -1.21. The summed E-state index contributed by atoms with van der Waals surface area (Å²) in [6, 6.07) is 7.86. The van der Waals surface area contributed by atoms with E-state index in [4.69, 9.17) is 11.2 Å². The van der Waals surface area contributed by atoms with E-state index in [1.165, 1.54) is 5.56 Å². The average Bonchev–Trinajstić information content (AvgIpc) is 2.48. The first kappa shape index (κ1) is 18.8. The molecule has 1 aliphatic carbocycles. The standard InChI is InChI=1S/C19H26O4S/c1-5-18(24(20,21)22)16-8-6-7-9-17(16)23-15-12-10-14(11-13-15)19(2,3)4/h1,10-13,16-18H,6-9H2,2-4H3,(H,20,21,22). The van der Waals surface area contributed by atoms with Crippen LogP contribution in [-0.2, 0) is 15.5 Å². The van der Waals surface area contributed by atoms with E-state index in [1.54, 1.807) is 0 Å². The number of ether oxygens (including phenoxy) is 1. The molecule has 0 spiro atoms. The Labute approximate surface area is 145 Å². The van der Waals surface area contributed by atoms with Crippen molar-refractivity contribution in [3.8, 4) is 18.1 Å². The summed E-state index contributed by atoms with van der Waals surface area (Å²) in [6.45, 7) is 6.43. The summed E-state index contributed by atoms with van der Waals surface area (Å²) < 4.78 is 38.6. The molecular weight excluding hydrogens is 324 g/mol. The topological polar surface area (TPSA) is 63.6 Å². The van der Waals surface area contributed by atoms with Gasteiger partial charge in [0, 0.05) is 5.92 Å². The van der Waals surface area contributed by atoms with Crippen molar-refractivity contribution in [3.63, 3.8) is 0 Å². The lowest BCUT2D eigenvalue weighted by atomic mass is 9.84. The van der Waals surface area contributed by atoms with Crippen molar-refractivity contribution < 1.29 is 17.7 Å². The minimum Gasteiger partial charge on any atom is -0.490 e. The van der Waals surface area contributed by atoms with E-state index >= 15 is 0 Å². The predicted molar refractivity (Wildman–Crippen MR) is 95.7 cm³/mol. The van der Waals surface area contributed by atoms with Crippen LogP contribution in [0.3, 0.4) is 0 Å². The lowest BCUT2D eigenvalue weighted by Crippen LogP contribution is -2.41. The minimum atomic E-state index is -4.28. The second-order valence-corrected chi connectivity index (χ2v) is 9.02. The predicted octanol–water partition coefficient (Wildman–Crippen LogP) is 3.81. The van der Waals surface area contributed by atoms with Gasteiger partial charge < -0.3 is 4.74 Å². The van der Waals surface area contributed by atoms with Gasteiger partial charge in [0.15, 0.2) is 5.25 Å². The Morgan fingerprint density at radius 3 is 2.29 bits per heavy atom.